The Labute approximate surface area is 171 Å². The van der Waals surface area contributed by atoms with E-state index in [4.69, 9.17) is 0 Å². The van der Waals surface area contributed by atoms with Crippen LogP contribution in [0, 0.1) is 0 Å². The second-order valence-corrected chi connectivity index (χ2v) is 7.24. The Morgan fingerprint density at radius 3 is 1.52 bits per heavy atom. The van der Waals surface area contributed by atoms with Crippen LogP contribution in [0.25, 0.3) is 0 Å². The molecule has 0 rings (SSSR count). The van der Waals surface area contributed by atoms with Gasteiger partial charge in [-0.2, -0.15) is 0 Å². The lowest BCUT2D eigenvalue weighted by molar-refractivity contribution is -0.272. The minimum Gasteiger partial charge on any atom is -0.240 e. The fraction of sp³-hybridized carbons (Fsp3) is 0.840. The molecular formula is C25H50O2. The zero-order valence-electron chi connectivity index (χ0n) is 19.1. The van der Waals surface area contributed by atoms with Crippen molar-refractivity contribution in [1.82, 2.24) is 0 Å². The molecule has 0 amide bonds. The highest BCUT2D eigenvalue weighted by molar-refractivity contribution is 4.81. The van der Waals surface area contributed by atoms with E-state index in [-0.39, 0.29) is 0 Å². The number of rotatable bonds is 19. The Morgan fingerprint density at radius 2 is 1.00 bits per heavy atom. The number of hydrogen-bond acceptors (Lipinski definition) is 2. The van der Waals surface area contributed by atoms with E-state index >= 15 is 0 Å². The van der Waals surface area contributed by atoms with Crippen molar-refractivity contribution in [2.45, 2.75) is 124 Å². The van der Waals surface area contributed by atoms with Gasteiger partial charge in [-0.25, -0.2) is 9.78 Å². The first-order valence-corrected chi connectivity index (χ1v) is 11.8. The summed E-state index contributed by atoms with van der Waals surface area (Å²) in [7, 11) is 1.54. The van der Waals surface area contributed by atoms with Gasteiger partial charge in [-0.1, -0.05) is 103 Å². The first kappa shape index (κ1) is 28.6. The summed E-state index contributed by atoms with van der Waals surface area (Å²) < 4.78 is 0. The first-order chi connectivity index (χ1) is 13.3. The molecule has 0 aliphatic rings. The molecule has 0 unspecified atom stereocenters. The lowest BCUT2D eigenvalue weighted by Crippen LogP contribution is -1.91. The molecule has 162 valence electrons. The second kappa shape index (κ2) is 30.1. The smallest absolute Gasteiger partial charge is 0.0822 e. The Kier molecular flexibility index (Phi) is 31.9. The van der Waals surface area contributed by atoms with Crippen LogP contribution >= 0.6 is 0 Å². The normalized spacial score (nSPS) is 11.3. The molecule has 0 radical (unpaired) electrons. The molecule has 27 heavy (non-hydrogen) atoms. The first-order valence-electron chi connectivity index (χ1n) is 11.8. The van der Waals surface area contributed by atoms with Gasteiger partial charge in [-0.05, 0) is 44.9 Å². The third kappa shape index (κ3) is 33.4. The van der Waals surface area contributed by atoms with Crippen LogP contribution in [0.5, 0.6) is 0 Å². The molecule has 0 saturated carbocycles. The molecule has 2 heteroatoms. The summed E-state index contributed by atoms with van der Waals surface area (Å²) in [5.41, 5.74) is 0. The van der Waals surface area contributed by atoms with E-state index in [1.807, 2.05) is 0 Å². The quantitative estimate of drug-likeness (QED) is 0.0960. The molecule has 0 saturated heterocycles. The predicted octanol–water partition coefficient (Wildman–Crippen LogP) is 8.96. The van der Waals surface area contributed by atoms with Crippen molar-refractivity contribution in [2.75, 3.05) is 13.7 Å². The number of allylic oxidation sites excluding steroid dienone is 4. The number of unbranched alkanes of at least 4 members (excludes halogenated alkanes) is 12. The Morgan fingerprint density at radius 1 is 0.519 bits per heavy atom. The topological polar surface area (TPSA) is 18.5 Å². The summed E-state index contributed by atoms with van der Waals surface area (Å²) in [5.74, 6) is 0. The highest BCUT2D eigenvalue weighted by atomic mass is 17.2. The van der Waals surface area contributed by atoms with Crippen LogP contribution < -0.4 is 0 Å². The fourth-order valence-electron chi connectivity index (χ4n) is 2.74. The monoisotopic (exact) mass is 382 g/mol. The van der Waals surface area contributed by atoms with Crippen LogP contribution in [0.15, 0.2) is 24.3 Å². The van der Waals surface area contributed by atoms with Crippen molar-refractivity contribution < 1.29 is 9.78 Å². The van der Waals surface area contributed by atoms with Gasteiger partial charge < -0.3 is 0 Å². The SMILES string of the molecule is CC/C=C/CCCCCCCC/C=C\CCCC.CCCCCCOOC. The van der Waals surface area contributed by atoms with E-state index in [1.54, 1.807) is 7.11 Å². The van der Waals surface area contributed by atoms with Crippen LogP contribution in [0.2, 0.25) is 0 Å². The highest BCUT2D eigenvalue weighted by Crippen LogP contribution is 2.09. The van der Waals surface area contributed by atoms with Crippen LogP contribution in [0.1, 0.15) is 124 Å². The fourth-order valence-corrected chi connectivity index (χ4v) is 2.74. The average Bonchev–Trinajstić information content (AvgIpc) is 2.69. The van der Waals surface area contributed by atoms with Crippen molar-refractivity contribution in [1.29, 1.82) is 0 Å². The van der Waals surface area contributed by atoms with Crippen molar-refractivity contribution in [2.24, 2.45) is 0 Å². The van der Waals surface area contributed by atoms with Gasteiger partial charge in [-0.15, -0.1) is 0 Å². The van der Waals surface area contributed by atoms with Gasteiger partial charge in [0.05, 0.1) is 13.7 Å². The summed E-state index contributed by atoms with van der Waals surface area (Å²) in [5, 5.41) is 0. The molecule has 0 N–H and O–H groups in total. The van der Waals surface area contributed by atoms with Crippen LogP contribution in [-0.4, -0.2) is 13.7 Å². The number of hydrogen-bond donors (Lipinski definition) is 0. The van der Waals surface area contributed by atoms with E-state index in [0.29, 0.717) is 0 Å². The minimum atomic E-state index is 0.733. The molecule has 0 aromatic carbocycles. The summed E-state index contributed by atoms with van der Waals surface area (Å²) in [4.78, 5) is 9.10. The Hall–Kier alpha value is -0.600. The highest BCUT2D eigenvalue weighted by Gasteiger charge is 1.90. The van der Waals surface area contributed by atoms with Gasteiger partial charge in [0.25, 0.3) is 0 Å². The average molecular weight is 383 g/mol. The summed E-state index contributed by atoms with van der Waals surface area (Å²) in [6.45, 7) is 7.38. The van der Waals surface area contributed by atoms with E-state index in [2.05, 4.69) is 54.9 Å². The third-order valence-electron chi connectivity index (χ3n) is 4.48. The maximum atomic E-state index is 4.68. The van der Waals surface area contributed by atoms with Gasteiger partial charge >= 0.3 is 0 Å². The van der Waals surface area contributed by atoms with Crippen LogP contribution in [0.4, 0.5) is 0 Å². The zero-order chi connectivity index (χ0) is 20.3. The van der Waals surface area contributed by atoms with Gasteiger partial charge in [0, 0.05) is 0 Å². The van der Waals surface area contributed by atoms with Gasteiger partial charge in [0.2, 0.25) is 0 Å². The predicted molar refractivity (Wildman–Crippen MR) is 122 cm³/mol. The van der Waals surface area contributed by atoms with Crippen LogP contribution in [-0.2, 0) is 9.78 Å². The molecular weight excluding hydrogens is 332 g/mol. The minimum absolute atomic E-state index is 0.733. The van der Waals surface area contributed by atoms with E-state index in [9.17, 15) is 0 Å². The van der Waals surface area contributed by atoms with E-state index in [0.717, 1.165) is 13.0 Å². The molecule has 0 spiro atoms. The van der Waals surface area contributed by atoms with Gasteiger partial charge in [0.1, 0.15) is 0 Å². The van der Waals surface area contributed by atoms with E-state index in [1.165, 1.54) is 96.3 Å². The summed E-state index contributed by atoms with van der Waals surface area (Å²) >= 11 is 0. The Bertz CT molecular complexity index is 278. The molecule has 0 aliphatic carbocycles. The third-order valence-corrected chi connectivity index (χ3v) is 4.48. The summed E-state index contributed by atoms with van der Waals surface area (Å²) in [6, 6.07) is 0. The lowest BCUT2D eigenvalue weighted by atomic mass is 10.1. The molecule has 2 nitrogen and oxygen atoms in total. The zero-order valence-corrected chi connectivity index (χ0v) is 19.1. The van der Waals surface area contributed by atoms with Crippen molar-refractivity contribution in [3.8, 4) is 0 Å². The molecule has 0 bridgehead atoms. The standard InChI is InChI=1S/C18H34.C7H16O2/c1-3-5-7-9-11-13-15-17-18-16-14-12-10-8-6-4-2;1-3-4-5-6-7-9-8-2/h5,7,10,12H,3-4,6,8-9,11,13-18H2,1-2H3;3-7H2,1-2H3/b7-5+,12-10-;. The van der Waals surface area contributed by atoms with Crippen molar-refractivity contribution >= 4 is 0 Å². The molecule has 0 aromatic heterocycles. The van der Waals surface area contributed by atoms with E-state index < -0.39 is 0 Å². The van der Waals surface area contributed by atoms with Crippen LogP contribution in [0.3, 0.4) is 0 Å². The molecule has 0 fully saturated rings. The maximum Gasteiger partial charge on any atom is 0.0822 e. The van der Waals surface area contributed by atoms with Gasteiger partial charge in [-0.3, -0.25) is 0 Å². The molecule has 0 aliphatic heterocycles. The maximum absolute atomic E-state index is 4.68. The lowest BCUT2D eigenvalue weighted by Gasteiger charge is -1.99. The second-order valence-electron chi connectivity index (χ2n) is 7.24. The summed E-state index contributed by atoms with van der Waals surface area (Å²) in [6.07, 6.45) is 30.5. The molecule has 0 atom stereocenters. The molecule has 0 heterocycles. The van der Waals surface area contributed by atoms with Gasteiger partial charge in [0.15, 0.2) is 0 Å². The molecule has 0 aromatic rings. The Balaban J connectivity index is 0. The van der Waals surface area contributed by atoms with Crippen molar-refractivity contribution in [3.05, 3.63) is 24.3 Å². The largest absolute Gasteiger partial charge is 0.240 e. The van der Waals surface area contributed by atoms with Crippen molar-refractivity contribution in [3.63, 3.8) is 0 Å².